The van der Waals surface area contributed by atoms with Gasteiger partial charge < -0.3 is 23.1 Å². The minimum atomic E-state index is -5.27. The molecule has 0 saturated carbocycles. The standard InChI is InChI=1S/C34H40BFN2O7S/c1-22-24(19-30(23(2)31(22)43-46(36,40)41)35-44-33(3,4)34(5,6)45-35)20-37-15-17-38(18-16-37)32(39)42-21-29-27-13-9-7-11-25(27)26-12-8-10-14-28(26)29/h7-14,19,29H,15-18,20-21H2,1-6H3. The molecule has 3 aromatic carbocycles. The molecule has 0 aromatic heterocycles. The summed E-state index contributed by atoms with van der Waals surface area (Å²) in [5.41, 5.74) is 5.71. The Labute approximate surface area is 271 Å². The zero-order valence-electron chi connectivity index (χ0n) is 27.1. The van der Waals surface area contributed by atoms with Gasteiger partial charge in [0.15, 0.2) is 5.75 Å². The van der Waals surface area contributed by atoms with E-state index in [-0.39, 0.29) is 24.4 Å². The quantitative estimate of drug-likeness (QED) is 0.253. The lowest BCUT2D eigenvalue weighted by Crippen LogP contribution is -2.48. The monoisotopic (exact) mass is 650 g/mol. The number of nitrogens with zero attached hydrogens (tertiary/aromatic N) is 2. The largest absolute Gasteiger partial charge is 0.495 e. The number of benzene rings is 3. The Bertz CT molecular complexity index is 1710. The van der Waals surface area contributed by atoms with Crippen molar-refractivity contribution in [3.8, 4) is 16.9 Å². The predicted molar refractivity (Wildman–Crippen MR) is 174 cm³/mol. The van der Waals surface area contributed by atoms with Gasteiger partial charge in [0, 0.05) is 38.6 Å². The highest BCUT2D eigenvalue weighted by atomic mass is 32.3. The fraction of sp³-hybridized carbons (Fsp3) is 0.441. The molecule has 3 aromatic rings. The summed E-state index contributed by atoms with van der Waals surface area (Å²) in [5.74, 6) is -0.0770. The van der Waals surface area contributed by atoms with Crippen molar-refractivity contribution in [1.82, 2.24) is 9.80 Å². The fourth-order valence-electron chi connectivity index (χ4n) is 6.58. The second kappa shape index (κ2) is 12.0. The van der Waals surface area contributed by atoms with E-state index in [0.717, 1.165) is 5.56 Å². The third-order valence-corrected chi connectivity index (χ3v) is 10.3. The van der Waals surface area contributed by atoms with E-state index in [9.17, 15) is 17.1 Å². The number of fused-ring (bicyclic) bond motifs is 3. The molecule has 12 heteroatoms. The smallest absolute Gasteiger partial charge is 0.448 e. The molecule has 46 heavy (non-hydrogen) atoms. The molecule has 9 nitrogen and oxygen atoms in total. The minimum absolute atomic E-state index is 0.00938. The van der Waals surface area contributed by atoms with Gasteiger partial charge in [0.25, 0.3) is 0 Å². The lowest BCUT2D eigenvalue weighted by atomic mass is 9.74. The average molecular weight is 651 g/mol. The second-order valence-corrected chi connectivity index (χ2v) is 14.3. The maximum Gasteiger partial charge on any atom is 0.495 e. The zero-order chi connectivity index (χ0) is 33.0. The molecule has 0 atom stereocenters. The zero-order valence-corrected chi connectivity index (χ0v) is 27.9. The highest BCUT2D eigenvalue weighted by Gasteiger charge is 2.52. The van der Waals surface area contributed by atoms with Gasteiger partial charge in [-0.1, -0.05) is 58.5 Å². The van der Waals surface area contributed by atoms with Gasteiger partial charge in [-0.3, -0.25) is 4.90 Å². The van der Waals surface area contributed by atoms with Gasteiger partial charge in [-0.15, -0.1) is 0 Å². The fourth-order valence-corrected chi connectivity index (χ4v) is 7.03. The van der Waals surface area contributed by atoms with Crippen molar-refractivity contribution in [3.05, 3.63) is 82.4 Å². The molecule has 6 rings (SSSR count). The molecule has 2 fully saturated rings. The van der Waals surface area contributed by atoms with E-state index in [1.807, 2.05) is 58.0 Å². The summed E-state index contributed by atoms with van der Waals surface area (Å²) in [6.45, 7) is 13.9. The highest BCUT2D eigenvalue weighted by Crippen LogP contribution is 2.44. The summed E-state index contributed by atoms with van der Waals surface area (Å²) in [4.78, 5) is 17.0. The first kappa shape index (κ1) is 32.5. The Balaban J connectivity index is 1.13. The molecule has 2 aliphatic heterocycles. The van der Waals surface area contributed by atoms with E-state index in [1.54, 1.807) is 18.7 Å². The third kappa shape index (κ3) is 6.15. The Hall–Kier alpha value is -3.45. The number of ether oxygens (including phenoxy) is 1. The van der Waals surface area contributed by atoms with E-state index in [0.29, 0.717) is 49.3 Å². The first-order valence-corrected chi connectivity index (χ1v) is 16.9. The maximum atomic E-state index is 13.8. The van der Waals surface area contributed by atoms with Crippen LogP contribution >= 0.6 is 0 Å². The molecule has 2 saturated heterocycles. The van der Waals surface area contributed by atoms with Crippen molar-refractivity contribution >= 4 is 29.2 Å². The Morgan fingerprint density at radius 3 is 2.00 bits per heavy atom. The van der Waals surface area contributed by atoms with Crippen molar-refractivity contribution in [1.29, 1.82) is 0 Å². The molecule has 0 unspecified atom stereocenters. The van der Waals surface area contributed by atoms with Crippen LogP contribution < -0.4 is 9.65 Å². The van der Waals surface area contributed by atoms with Crippen LogP contribution in [-0.4, -0.2) is 75.4 Å². The van der Waals surface area contributed by atoms with Gasteiger partial charge in [0.1, 0.15) is 6.61 Å². The van der Waals surface area contributed by atoms with Gasteiger partial charge in [-0.05, 0) is 85.9 Å². The lowest BCUT2D eigenvalue weighted by Gasteiger charge is -2.34. The van der Waals surface area contributed by atoms with E-state index in [4.69, 9.17) is 18.2 Å². The molecular formula is C34H40BFN2O7S. The lowest BCUT2D eigenvalue weighted by molar-refractivity contribution is 0.00578. The van der Waals surface area contributed by atoms with Crippen molar-refractivity contribution in [3.63, 3.8) is 0 Å². The van der Waals surface area contributed by atoms with Crippen LogP contribution in [0.2, 0.25) is 0 Å². The molecule has 0 radical (unpaired) electrons. The summed E-state index contributed by atoms with van der Waals surface area (Å²) >= 11 is 0. The molecular weight excluding hydrogens is 610 g/mol. The maximum absolute atomic E-state index is 13.8. The molecule has 2 heterocycles. The normalized spacial score (nSPS) is 19.2. The number of piperazine rings is 1. The van der Waals surface area contributed by atoms with Crippen LogP contribution in [0.25, 0.3) is 11.1 Å². The summed E-state index contributed by atoms with van der Waals surface area (Å²) in [6.07, 6.45) is -0.347. The number of hydrogen-bond donors (Lipinski definition) is 0. The van der Waals surface area contributed by atoms with Gasteiger partial charge in [-0.25, -0.2) is 4.79 Å². The molecule has 0 bridgehead atoms. The SMILES string of the molecule is Cc1c(CN2CCN(C(=O)OCC3c4ccccc4-c4ccccc43)CC2)cc(B2OC(C)(C)C(C)(C)O2)c(C)c1OS(=O)(=O)F. The van der Waals surface area contributed by atoms with Crippen LogP contribution in [0.1, 0.15) is 61.4 Å². The van der Waals surface area contributed by atoms with Crippen LogP contribution in [0.4, 0.5) is 8.68 Å². The van der Waals surface area contributed by atoms with Crippen molar-refractivity contribution in [2.45, 2.75) is 65.2 Å². The van der Waals surface area contributed by atoms with Gasteiger partial charge in [-0.2, -0.15) is 8.42 Å². The first-order valence-electron chi connectivity index (χ1n) is 15.6. The van der Waals surface area contributed by atoms with E-state index in [2.05, 4.69) is 29.2 Å². The van der Waals surface area contributed by atoms with E-state index in [1.165, 1.54) is 22.3 Å². The van der Waals surface area contributed by atoms with Crippen molar-refractivity contribution < 1.29 is 35.3 Å². The van der Waals surface area contributed by atoms with E-state index >= 15 is 0 Å². The van der Waals surface area contributed by atoms with Crippen LogP contribution in [0, 0.1) is 13.8 Å². The third-order valence-electron chi connectivity index (χ3n) is 9.98. The van der Waals surface area contributed by atoms with Crippen LogP contribution in [0.3, 0.4) is 0 Å². The predicted octanol–water partition coefficient (Wildman–Crippen LogP) is 5.26. The summed E-state index contributed by atoms with van der Waals surface area (Å²) in [6, 6.07) is 18.4. The molecule has 0 N–H and O–H groups in total. The Morgan fingerprint density at radius 1 is 0.913 bits per heavy atom. The molecule has 1 amide bonds. The van der Waals surface area contributed by atoms with Crippen molar-refractivity contribution in [2.24, 2.45) is 0 Å². The number of hydrogen-bond acceptors (Lipinski definition) is 8. The number of carbonyl (C=O) groups excluding carboxylic acids is 1. The highest BCUT2D eigenvalue weighted by molar-refractivity contribution is 7.81. The first-order chi connectivity index (χ1) is 21.6. The summed E-state index contributed by atoms with van der Waals surface area (Å²) in [5, 5.41) is 0. The van der Waals surface area contributed by atoms with Gasteiger partial charge in [0.05, 0.1) is 11.2 Å². The number of rotatable bonds is 7. The van der Waals surface area contributed by atoms with Crippen LogP contribution in [0.15, 0.2) is 54.6 Å². The number of amides is 1. The average Bonchev–Trinajstić information content (AvgIpc) is 3.43. The van der Waals surface area contributed by atoms with Gasteiger partial charge in [0.2, 0.25) is 0 Å². The Kier molecular flexibility index (Phi) is 8.46. The van der Waals surface area contributed by atoms with Gasteiger partial charge >= 0.3 is 23.7 Å². The summed E-state index contributed by atoms with van der Waals surface area (Å²) < 4.78 is 60.2. The number of halogens is 1. The molecule has 0 spiro atoms. The molecule has 244 valence electrons. The second-order valence-electron chi connectivity index (χ2n) is 13.3. The van der Waals surface area contributed by atoms with Crippen molar-refractivity contribution in [2.75, 3.05) is 32.8 Å². The van der Waals surface area contributed by atoms with Crippen LogP contribution in [0.5, 0.6) is 5.75 Å². The number of carbonyl (C=O) groups is 1. The molecule has 1 aliphatic carbocycles. The van der Waals surface area contributed by atoms with E-state index < -0.39 is 28.8 Å². The summed E-state index contributed by atoms with van der Waals surface area (Å²) in [7, 11) is -6.07. The minimum Gasteiger partial charge on any atom is -0.448 e. The molecule has 3 aliphatic rings. The van der Waals surface area contributed by atoms with Crippen LogP contribution in [-0.2, 0) is 31.1 Å². The topological polar surface area (TPSA) is 94.6 Å². The Morgan fingerprint density at radius 2 is 1.46 bits per heavy atom.